The predicted octanol–water partition coefficient (Wildman–Crippen LogP) is -0.470. The molecule has 1 N–H and O–H groups in total. The van der Waals surface area contributed by atoms with Crippen LogP contribution in [0.3, 0.4) is 0 Å². The highest BCUT2D eigenvalue weighted by molar-refractivity contribution is 4.59. The van der Waals surface area contributed by atoms with E-state index < -0.39 is 0 Å². The second-order valence-electron chi connectivity index (χ2n) is 1.47. The molecule has 4 nitrogen and oxygen atoms in total. The first-order chi connectivity index (χ1) is 3.43. The quantitative estimate of drug-likeness (QED) is 0.454. The minimum absolute atomic E-state index is 0.615. The number of nitrogens with zero attached hydrogens (tertiary/aromatic N) is 2. The summed E-state index contributed by atoms with van der Waals surface area (Å²) in [6.45, 7) is 2.25. The molecule has 0 saturated carbocycles. The number of hydrogen-bond acceptors (Lipinski definition) is 3. The van der Waals surface area contributed by atoms with Crippen LogP contribution in [0.1, 0.15) is 0 Å². The van der Waals surface area contributed by atoms with Gasteiger partial charge in [-0.05, 0) is 0 Å². The standard InChI is InChI=1S/C3H7N3O/c7-5-6-2-1-4-3-6/h4H,1-3H2. The van der Waals surface area contributed by atoms with Crippen molar-refractivity contribution in [2.45, 2.75) is 0 Å². The molecule has 0 bridgehead atoms. The van der Waals surface area contributed by atoms with Crippen LogP contribution in [0.4, 0.5) is 0 Å². The van der Waals surface area contributed by atoms with Crippen LogP contribution in [0.5, 0.6) is 0 Å². The molecule has 0 radical (unpaired) electrons. The van der Waals surface area contributed by atoms with Gasteiger partial charge in [-0.1, -0.05) is 0 Å². The molecule has 4 heteroatoms. The molecule has 0 amide bonds. The van der Waals surface area contributed by atoms with Crippen LogP contribution in [0.15, 0.2) is 5.29 Å². The van der Waals surface area contributed by atoms with Gasteiger partial charge < -0.3 is 0 Å². The first-order valence-corrected chi connectivity index (χ1v) is 2.22. The van der Waals surface area contributed by atoms with E-state index >= 15 is 0 Å². The summed E-state index contributed by atoms with van der Waals surface area (Å²) in [5.41, 5.74) is 0. The van der Waals surface area contributed by atoms with Crippen molar-refractivity contribution in [3.8, 4) is 0 Å². The number of rotatable bonds is 1. The molecule has 40 valence electrons. The van der Waals surface area contributed by atoms with Crippen LogP contribution < -0.4 is 5.32 Å². The SMILES string of the molecule is O=NN1CCNC1. The zero-order valence-electron chi connectivity index (χ0n) is 3.92. The van der Waals surface area contributed by atoms with Gasteiger partial charge in [0.1, 0.15) is 0 Å². The lowest BCUT2D eigenvalue weighted by atomic mass is 10.7. The molecule has 0 unspecified atom stereocenters. The summed E-state index contributed by atoms with van der Waals surface area (Å²) in [6, 6.07) is 0. The van der Waals surface area contributed by atoms with Crippen LogP contribution in [0.25, 0.3) is 0 Å². The predicted molar refractivity (Wildman–Crippen MR) is 25.4 cm³/mol. The Hall–Kier alpha value is -0.640. The average Bonchev–Trinajstić information content (AvgIpc) is 2.14. The lowest BCUT2D eigenvalue weighted by molar-refractivity contribution is 0.350. The summed E-state index contributed by atoms with van der Waals surface area (Å²) in [7, 11) is 0. The Morgan fingerprint density at radius 2 is 2.57 bits per heavy atom. The summed E-state index contributed by atoms with van der Waals surface area (Å²) in [6.07, 6.45) is 0. The molecule has 0 spiro atoms. The van der Waals surface area contributed by atoms with E-state index in [2.05, 4.69) is 10.6 Å². The molecule has 1 aliphatic rings. The summed E-state index contributed by atoms with van der Waals surface area (Å²) < 4.78 is 0. The van der Waals surface area contributed by atoms with Gasteiger partial charge in [0.15, 0.2) is 0 Å². The zero-order chi connectivity index (χ0) is 5.11. The third-order valence-electron chi connectivity index (χ3n) is 0.956. The second-order valence-corrected chi connectivity index (χ2v) is 1.47. The minimum atomic E-state index is 0.615. The van der Waals surface area contributed by atoms with Crippen LogP contribution in [-0.4, -0.2) is 24.8 Å². The van der Waals surface area contributed by atoms with E-state index in [1.807, 2.05) is 0 Å². The summed E-state index contributed by atoms with van der Waals surface area (Å²) in [4.78, 5) is 9.64. The van der Waals surface area contributed by atoms with Gasteiger partial charge in [-0.2, -0.15) is 0 Å². The largest absolute Gasteiger partial charge is 0.297 e. The molecule has 1 saturated heterocycles. The van der Waals surface area contributed by atoms with Crippen LogP contribution in [0, 0.1) is 4.91 Å². The van der Waals surface area contributed by atoms with Crippen LogP contribution in [0.2, 0.25) is 0 Å². The van der Waals surface area contributed by atoms with Crippen molar-refractivity contribution in [2.24, 2.45) is 5.29 Å². The lowest BCUT2D eigenvalue weighted by Crippen LogP contribution is -2.13. The van der Waals surface area contributed by atoms with E-state index in [1.165, 1.54) is 5.01 Å². The summed E-state index contributed by atoms with van der Waals surface area (Å²) in [5.74, 6) is 0. The first-order valence-electron chi connectivity index (χ1n) is 2.22. The molecule has 0 aromatic carbocycles. The van der Waals surface area contributed by atoms with Gasteiger partial charge in [0.05, 0.1) is 18.5 Å². The Morgan fingerprint density at radius 1 is 1.71 bits per heavy atom. The molecule has 7 heavy (non-hydrogen) atoms. The molecule has 1 heterocycles. The smallest absolute Gasteiger partial charge is 0.0887 e. The first kappa shape index (κ1) is 4.52. The van der Waals surface area contributed by atoms with Gasteiger partial charge in [0.2, 0.25) is 0 Å². The van der Waals surface area contributed by atoms with Crippen molar-refractivity contribution in [1.82, 2.24) is 10.3 Å². The highest BCUT2D eigenvalue weighted by Crippen LogP contribution is 1.89. The molecule has 1 rings (SSSR count). The molecule has 1 fully saturated rings. The van der Waals surface area contributed by atoms with E-state index in [4.69, 9.17) is 0 Å². The Morgan fingerprint density at radius 3 is 2.86 bits per heavy atom. The molecular formula is C3H7N3O. The number of hydrogen-bond donors (Lipinski definition) is 1. The fraction of sp³-hybridized carbons (Fsp3) is 1.00. The van der Waals surface area contributed by atoms with Crippen molar-refractivity contribution in [3.63, 3.8) is 0 Å². The van der Waals surface area contributed by atoms with Crippen LogP contribution >= 0.6 is 0 Å². The van der Waals surface area contributed by atoms with Crippen molar-refractivity contribution >= 4 is 0 Å². The molecule has 0 aliphatic carbocycles. The Bertz CT molecular complexity index is 68.6. The number of nitrogens with one attached hydrogen (secondary N) is 1. The molecule has 0 aromatic heterocycles. The maximum absolute atomic E-state index is 9.64. The Balaban J connectivity index is 2.26. The van der Waals surface area contributed by atoms with E-state index in [0.29, 0.717) is 6.67 Å². The highest BCUT2D eigenvalue weighted by atomic mass is 16.3. The monoisotopic (exact) mass is 101 g/mol. The van der Waals surface area contributed by atoms with Gasteiger partial charge in [-0.15, -0.1) is 4.91 Å². The van der Waals surface area contributed by atoms with Crippen molar-refractivity contribution in [2.75, 3.05) is 19.8 Å². The fourth-order valence-corrected chi connectivity index (χ4v) is 0.565. The van der Waals surface area contributed by atoms with Gasteiger partial charge in [-0.3, -0.25) is 5.32 Å². The lowest BCUT2D eigenvalue weighted by Gasteiger charge is -1.99. The second kappa shape index (κ2) is 1.88. The van der Waals surface area contributed by atoms with Crippen molar-refractivity contribution in [3.05, 3.63) is 4.91 Å². The van der Waals surface area contributed by atoms with E-state index in [9.17, 15) is 4.91 Å². The minimum Gasteiger partial charge on any atom is -0.297 e. The molecule has 0 atom stereocenters. The maximum Gasteiger partial charge on any atom is 0.0887 e. The third kappa shape index (κ3) is 0.866. The highest BCUT2D eigenvalue weighted by Gasteiger charge is 2.06. The fourth-order valence-electron chi connectivity index (χ4n) is 0.565. The third-order valence-corrected chi connectivity index (χ3v) is 0.956. The topological polar surface area (TPSA) is 44.7 Å². The zero-order valence-corrected chi connectivity index (χ0v) is 3.92. The average molecular weight is 101 g/mol. The van der Waals surface area contributed by atoms with Gasteiger partial charge >= 0.3 is 0 Å². The van der Waals surface area contributed by atoms with Gasteiger partial charge in [0.25, 0.3) is 0 Å². The van der Waals surface area contributed by atoms with Crippen molar-refractivity contribution in [1.29, 1.82) is 0 Å². The van der Waals surface area contributed by atoms with Crippen molar-refractivity contribution < 1.29 is 0 Å². The van der Waals surface area contributed by atoms with E-state index in [1.54, 1.807) is 0 Å². The Kier molecular flexibility index (Phi) is 1.21. The maximum atomic E-state index is 9.64. The van der Waals surface area contributed by atoms with E-state index in [-0.39, 0.29) is 0 Å². The van der Waals surface area contributed by atoms with Gasteiger partial charge in [0, 0.05) is 6.54 Å². The summed E-state index contributed by atoms with van der Waals surface area (Å²) >= 11 is 0. The molecule has 0 aromatic rings. The van der Waals surface area contributed by atoms with Gasteiger partial charge in [-0.25, -0.2) is 5.01 Å². The molecule has 1 aliphatic heterocycles. The Labute approximate surface area is 41.4 Å². The van der Waals surface area contributed by atoms with E-state index in [0.717, 1.165) is 13.1 Å². The van der Waals surface area contributed by atoms with Crippen LogP contribution in [-0.2, 0) is 0 Å². The normalized spacial score (nSPS) is 20.3. The molecular weight excluding hydrogens is 94.1 g/mol. The summed E-state index contributed by atoms with van der Waals surface area (Å²) in [5, 5.41) is 7.11. The number of nitroso groups, excluding NO2 is 1.